The van der Waals surface area contributed by atoms with E-state index >= 15 is 0 Å². The van der Waals surface area contributed by atoms with Crippen LogP contribution in [0.2, 0.25) is 0 Å². The molecule has 0 fully saturated rings. The average molecular weight is 369 g/mol. The molecule has 0 radical (unpaired) electrons. The van der Waals surface area contributed by atoms with E-state index in [1.54, 1.807) is 0 Å². The molecular formula is C17H14F3NO3S. The van der Waals surface area contributed by atoms with Gasteiger partial charge < -0.3 is 10.1 Å². The molecule has 25 heavy (non-hydrogen) atoms. The summed E-state index contributed by atoms with van der Waals surface area (Å²) in [4.78, 5) is 23.6. The minimum Gasteiger partial charge on any atom is -0.452 e. The largest absolute Gasteiger partial charge is 0.452 e. The molecule has 1 N–H and O–H groups in total. The molecule has 0 aliphatic carbocycles. The minimum atomic E-state index is -1.10. The molecule has 4 nitrogen and oxygen atoms in total. The maximum atomic E-state index is 13.5. The highest BCUT2D eigenvalue weighted by Gasteiger charge is 2.18. The Labute approximate surface area is 146 Å². The number of anilines is 1. The fraction of sp³-hybridized carbons (Fsp3) is 0.176. The number of hydrogen-bond donors (Lipinski definition) is 1. The van der Waals surface area contributed by atoms with Crippen molar-refractivity contribution in [3.05, 3.63) is 59.9 Å². The first-order chi connectivity index (χ1) is 11.8. The predicted molar refractivity (Wildman–Crippen MR) is 87.7 cm³/mol. The standard InChI is InChI=1S/C17H14F3NO3S/c1-10(17(23)21-13-5-2-11(18)3-6-13)24-16(22)9-25-15-8-12(19)4-7-14(15)20/h2-8,10H,9H2,1H3,(H,21,23)/t10-/m1/s1. The quantitative estimate of drug-likeness (QED) is 0.622. The lowest BCUT2D eigenvalue weighted by molar-refractivity contribution is -0.150. The van der Waals surface area contributed by atoms with Gasteiger partial charge >= 0.3 is 5.97 Å². The molecule has 2 aromatic rings. The normalized spacial score (nSPS) is 11.7. The molecule has 0 saturated carbocycles. The minimum absolute atomic E-state index is 0.0274. The summed E-state index contributed by atoms with van der Waals surface area (Å²) < 4.78 is 44.2. The number of carbonyl (C=O) groups is 2. The second-order valence-corrected chi connectivity index (χ2v) is 6.01. The van der Waals surface area contributed by atoms with E-state index in [0.29, 0.717) is 5.69 Å². The number of amides is 1. The third-order valence-corrected chi connectivity index (χ3v) is 4.03. The number of rotatable bonds is 6. The average Bonchev–Trinajstić information content (AvgIpc) is 2.57. The van der Waals surface area contributed by atoms with Gasteiger partial charge in [-0.05, 0) is 49.4 Å². The van der Waals surface area contributed by atoms with Crippen LogP contribution in [0.1, 0.15) is 6.92 Å². The zero-order chi connectivity index (χ0) is 18.4. The Bertz CT molecular complexity index is 768. The van der Waals surface area contributed by atoms with Crippen LogP contribution in [0.25, 0.3) is 0 Å². The molecule has 0 aromatic heterocycles. The molecule has 0 saturated heterocycles. The van der Waals surface area contributed by atoms with E-state index in [2.05, 4.69) is 5.32 Å². The van der Waals surface area contributed by atoms with Gasteiger partial charge in [0.15, 0.2) is 6.10 Å². The Morgan fingerprint density at radius 3 is 2.40 bits per heavy atom. The maximum absolute atomic E-state index is 13.5. The highest BCUT2D eigenvalue weighted by molar-refractivity contribution is 8.00. The number of hydrogen-bond acceptors (Lipinski definition) is 4. The van der Waals surface area contributed by atoms with E-state index in [1.807, 2.05) is 0 Å². The van der Waals surface area contributed by atoms with Gasteiger partial charge in [-0.25, -0.2) is 13.2 Å². The molecule has 0 bridgehead atoms. The van der Waals surface area contributed by atoms with Gasteiger partial charge in [0.05, 0.1) is 5.75 Å². The third-order valence-electron chi connectivity index (χ3n) is 3.03. The first-order valence-corrected chi connectivity index (χ1v) is 8.17. The highest BCUT2D eigenvalue weighted by atomic mass is 32.2. The third kappa shape index (κ3) is 5.82. The van der Waals surface area contributed by atoms with E-state index in [1.165, 1.54) is 31.2 Å². The van der Waals surface area contributed by atoms with Crippen LogP contribution in [-0.4, -0.2) is 23.7 Å². The summed E-state index contributed by atoms with van der Waals surface area (Å²) in [6.07, 6.45) is -1.10. The van der Waals surface area contributed by atoms with Gasteiger partial charge in [0.1, 0.15) is 17.5 Å². The molecule has 0 spiro atoms. The van der Waals surface area contributed by atoms with E-state index < -0.39 is 35.4 Å². The van der Waals surface area contributed by atoms with Crippen LogP contribution < -0.4 is 5.32 Å². The Morgan fingerprint density at radius 1 is 1.08 bits per heavy atom. The van der Waals surface area contributed by atoms with Crippen LogP contribution in [0, 0.1) is 17.5 Å². The molecule has 132 valence electrons. The van der Waals surface area contributed by atoms with Crippen molar-refractivity contribution in [3.63, 3.8) is 0 Å². The van der Waals surface area contributed by atoms with Crippen LogP contribution in [0.5, 0.6) is 0 Å². The van der Waals surface area contributed by atoms with E-state index in [9.17, 15) is 22.8 Å². The molecule has 2 aromatic carbocycles. The number of esters is 1. The van der Waals surface area contributed by atoms with Crippen molar-refractivity contribution in [3.8, 4) is 0 Å². The number of nitrogens with one attached hydrogen (secondary N) is 1. The van der Waals surface area contributed by atoms with Crippen molar-refractivity contribution in [2.75, 3.05) is 11.1 Å². The zero-order valence-electron chi connectivity index (χ0n) is 13.1. The maximum Gasteiger partial charge on any atom is 0.317 e. The summed E-state index contributed by atoms with van der Waals surface area (Å²) in [6, 6.07) is 7.99. The van der Waals surface area contributed by atoms with E-state index in [-0.39, 0.29) is 10.6 Å². The number of thioether (sulfide) groups is 1. The molecule has 1 amide bonds. The number of halogens is 3. The van der Waals surface area contributed by atoms with Crippen LogP contribution in [0.3, 0.4) is 0 Å². The van der Waals surface area contributed by atoms with Crippen molar-refractivity contribution in [2.45, 2.75) is 17.9 Å². The molecule has 0 aliphatic heterocycles. The summed E-state index contributed by atoms with van der Waals surface area (Å²) in [5.74, 6) is -3.35. The lowest BCUT2D eigenvalue weighted by Crippen LogP contribution is -2.30. The van der Waals surface area contributed by atoms with E-state index in [4.69, 9.17) is 4.74 Å². The van der Waals surface area contributed by atoms with Gasteiger partial charge in [-0.1, -0.05) is 0 Å². The van der Waals surface area contributed by atoms with Gasteiger partial charge in [0.2, 0.25) is 0 Å². The number of benzene rings is 2. The molecule has 0 aliphatic rings. The smallest absolute Gasteiger partial charge is 0.317 e. The van der Waals surface area contributed by atoms with Gasteiger partial charge in [-0.2, -0.15) is 0 Å². The van der Waals surface area contributed by atoms with Gasteiger partial charge in [-0.15, -0.1) is 11.8 Å². The first kappa shape index (κ1) is 18.9. The molecule has 8 heteroatoms. The molecule has 2 rings (SSSR count). The van der Waals surface area contributed by atoms with Gasteiger partial charge in [0.25, 0.3) is 5.91 Å². The summed E-state index contributed by atoms with van der Waals surface area (Å²) in [7, 11) is 0. The Balaban J connectivity index is 1.83. The lowest BCUT2D eigenvalue weighted by atomic mass is 10.3. The summed E-state index contributed by atoms with van der Waals surface area (Å²) in [6.45, 7) is 1.37. The van der Waals surface area contributed by atoms with Crippen molar-refractivity contribution < 1.29 is 27.5 Å². The van der Waals surface area contributed by atoms with Crippen molar-refractivity contribution in [1.29, 1.82) is 0 Å². The van der Waals surface area contributed by atoms with Crippen LogP contribution in [-0.2, 0) is 14.3 Å². The summed E-state index contributed by atoms with van der Waals surface area (Å²) >= 11 is 0.766. The van der Waals surface area contributed by atoms with Gasteiger partial charge in [-0.3, -0.25) is 9.59 Å². The highest BCUT2D eigenvalue weighted by Crippen LogP contribution is 2.22. The second kappa shape index (κ2) is 8.57. The number of carbonyl (C=O) groups excluding carboxylic acids is 2. The van der Waals surface area contributed by atoms with Crippen LogP contribution in [0.15, 0.2) is 47.4 Å². The second-order valence-electron chi connectivity index (χ2n) is 4.99. The number of ether oxygens (including phenoxy) is 1. The monoisotopic (exact) mass is 369 g/mol. The van der Waals surface area contributed by atoms with Crippen molar-refractivity contribution in [2.24, 2.45) is 0 Å². The van der Waals surface area contributed by atoms with Crippen LogP contribution in [0.4, 0.5) is 18.9 Å². The Morgan fingerprint density at radius 2 is 1.72 bits per heavy atom. The van der Waals surface area contributed by atoms with Crippen LogP contribution >= 0.6 is 11.8 Å². The fourth-order valence-electron chi connectivity index (χ4n) is 1.79. The first-order valence-electron chi connectivity index (χ1n) is 7.19. The molecule has 0 unspecified atom stereocenters. The molecule has 0 heterocycles. The zero-order valence-corrected chi connectivity index (χ0v) is 13.9. The Kier molecular flexibility index (Phi) is 6.46. The topological polar surface area (TPSA) is 55.4 Å². The van der Waals surface area contributed by atoms with E-state index in [0.717, 1.165) is 30.0 Å². The SMILES string of the molecule is C[C@@H](OC(=O)CSc1cc(F)ccc1F)C(=O)Nc1ccc(F)cc1. The van der Waals surface area contributed by atoms with Gasteiger partial charge in [0, 0.05) is 10.6 Å². The fourth-order valence-corrected chi connectivity index (χ4v) is 2.53. The molecular weight excluding hydrogens is 355 g/mol. The van der Waals surface area contributed by atoms with Crippen molar-refractivity contribution in [1.82, 2.24) is 0 Å². The lowest BCUT2D eigenvalue weighted by Gasteiger charge is -2.13. The van der Waals surface area contributed by atoms with Crippen molar-refractivity contribution >= 4 is 29.3 Å². The summed E-state index contributed by atoms with van der Waals surface area (Å²) in [5, 5.41) is 2.47. The molecule has 1 atom stereocenters. The summed E-state index contributed by atoms with van der Waals surface area (Å²) in [5.41, 5.74) is 0.352. The predicted octanol–water partition coefficient (Wildman–Crippen LogP) is 3.77. The Hall–Kier alpha value is -2.48.